The van der Waals surface area contributed by atoms with Gasteiger partial charge in [-0.25, -0.2) is 5.43 Å². The van der Waals surface area contributed by atoms with Gasteiger partial charge in [0.15, 0.2) is 17.1 Å². The minimum absolute atomic E-state index is 0.316. The molecule has 0 saturated heterocycles. The van der Waals surface area contributed by atoms with E-state index in [4.69, 9.17) is 9.47 Å². The van der Waals surface area contributed by atoms with Gasteiger partial charge in [0.1, 0.15) is 5.52 Å². The molecular weight excluding hydrogens is 436 g/mol. The molecule has 9 heteroatoms. The van der Waals surface area contributed by atoms with Gasteiger partial charge in [-0.05, 0) is 46.6 Å². The zero-order valence-electron chi connectivity index (χ0n) is 16.2. The Hall–Kier alpha value is -3.20. The van der Waals surface area contributed by atoms with Gasteiger partial charge in [-0.2, -0.15) is 10.1 Å². The zero-order valence-corrected chi connectivity index (χ0v) is 17.8. The van der Waals surface area contributed by atoms with Gasteiger partial charge in [-0.1, -0.05) is 18.2 Å². The third-order valence-electron chi connectivity index (χ3n) is 4.43. The Morgan fingerprint density at radius 2 is 2.07 bits per heavy atom. The number of nitrogens with one attached hydrogen (secondary N) is 1. The van der Waals surface area contributed by atoms with Crippen LogP contribution in [0.3, 0.4) is 0 Å². The lowest BCUT2D eigenvalue weighted by Crippen LogP contribution is -2.01. The van der Waals surface area contributed by atoms with Crippen LogP contribution in [0.5, 0.6) is 11.5 Å². The van der Waals surface area contributed by atoms with Crippen molar-refractivity contribution < 1.29 is 9.47 Å². The van der Waals surface area contributed by atoms with Gasteiger partial charge in [-0.15, -0.1) is 10.2 Å². The van der Waals surface area contributed by atoms with Crippen molar-refractivity contribution in [2.45, 2.75) is 6.92 Å². The maximum Gasteiger partial charge on any atom is 0.265 e. The molecule has 2 aromatic carbocycles. The van der Waals surface area contributed by atoms with E-state index in [-0.39, 0.29) is 0 Å². The Balaban J connectivity index is 1.59. The van der Waals surface area contributed by atoms with Crippen LogP contribution in [0.15, 0.2) is 46.0 Å². The first-order valence-corrected chi connectivity index (χ1v) is 9.79. The van der Waals surface area contributed by atoms with Gasteiger partial charge in [0.05, 0.1) is 29.9 Å². The number of aryl methyl sites for hydroxylation is 1. The number of benzene rings is 2. The van der Waals surface area contributed by atoms with Crippen molar-refractivity contribution in [1.29, 1.82) is 0 Å². The summed E-state index contributed by atoms with van der Waals surface area (Å²) in [4.78, 5) is 4.54. The molecule has 0 unspecified atom stereocenters. The Labute approximate surface area is 175 Å². The summed E-state index contributed by atoms with van der Waals surface area (Å²) in [5, 5.41) is 13.7. The van der Waals surface area contributed by atoms with Gasteiger partial charge >= 0.3 is 0 Å². The van der Waals surface area contributed by atoms with Crippen molar-refractivity contribution in [3.63, 3.8) is 0 Å². The van der Waals surface area contributed by atoms with E-state index >= 15 is 0 Å². The molecule has 4 rings (SSSR count). The van der Waals surface area contributed by atoms with Crippen molar-refractivity contribution in [2.75, 3.05) is 19.1 Å². The molecule has 2 aromatic heterocycles. The minimum atomic E-state index is 0.316. The second-order valence-electron chi connectivity index (χ2n) is 6.22. The van der Waals surface area contributed by atoms with Gasteiger partial charge in [-0.3, -0.25) is 0 Å². The summed E-state index contributed by atoms with van der Waals surface area (Å²) in [6.45, 7) is 2.47. The van der Waals surface area contributed by atoms with Gasteiger partial charge in [0, 0.05) is 12.4 Å². The maximum atomic E-state index is 5.60. The number of para-hydroxylation sites is 1. The number of methoxy groups -OCH3 is 1. The Morgan fingerprint density at radius 3 is 2.86 bits per heavy atom. The number of anilines is 1. The van der Waals surface area contributed by atoms with E-state index in [1.807, 2.05) is 54.9 Å². The molecule has 0 saturated carbocycles. The topological polar surface area (TPSA) is 86.5 Å². The third kappa shape index (κ3) is 3.61. The first-order chi connectivity index (χ1) is 14.1. The van der Waals surface area contributed by atoms with E-state index in [0.717, 1.165) is 32.1 Å². The van der Waals surface area contributed by atoms with Crippen LogP contribution in [0.25, 0.3) is 22.1 Å². The van der Waals surface area contributed by atoms with Crippen LogP contribution in [0.1, 0.15) is 12.5 Å². The second-order valence-corrected chi connectivity index (χ2v) is 7.08. The van der Waals surface area contributed by atoms with Crippen molar-refractivity contribution in [3.05, 3.63) is 46.4 Å². The van der Waals surface area contributed by atoms with E-state index in [0.29, 0.717) is 24.1 Å². The van der Waals surface area contributed by atoms with Crippen LogP contribution in [0.4, 0.5) is 5.95 Å². The number of rotatable bonds is 6. The number of aromatic nitrogens is 4. The summed E-state index contributed by atoms with van der Waals surface area (Å²) < 4.78 is 13.8. The molecule has 0 aliphatic carbocycles. The van der Waals surface area contributed by atoms with E-state index in [1.165, 1.54) is 0 Å². The Bertz CT molecular complexity index is 1220. The normalized spacial score (nSPS) is 11.4. The van der Waals surface area contributed by atoms with Crippen LogP contribution >= 0.6 is 15.9 Å². The number of nitrogens with zero attached hydrogens (tertiary/aromatic N) is 5. The van der Waals surface area contributed by atoms with Crippen molar-refractivity contribution in [3.8, 4) is 11.5 Å². The van der Waals surface area contributed by atoms with E-state index in [9.17, 15) is 0 Å². The fraction of sp³-hybridized carbons (Fsp3) is 0.200. The van der Waals surface area contributed by atoms with Crippen molar-refractivity contribution in [2.24, 2.45) is 12.1 Å². The summed E-state index contributed by atoms with van der Waals surface area (Å²) >= 11 is 3.50. The average Bonchev–Trinajstić information content (AvgIpc) is 3.02. The Morgan fingerprint density at radius 1 is 1.24 bits per heavy atom. The van der Waals surface area contributed by atoms with Crippen molar-refractivity contribution >= 4 is 50.2 Å². The van der Waals surface area contributed by atoms with Crippen LogP contribution in [0.2, 0.25) is 0 Å². The first-order valence-electron chi connectivity index (χ1n) is 8.99. The predicted molar refractivity (Wildman–Crippen MR) is 117 cm³/mol. The molecule has 2 heterocycles. The molecule has 148 valence electrons. The summed E-state index contributed by atoms with van der Waals surface area (Å²) in [6.07, 6.45) is 1.65. The maximum absolute atomic E-state index is 5.60. The monoisotopic (exact) mass is 454 g/mol. The molecule has 0 spiro atoms. The van der Waals surface area contributed by atoms with E-state index in [2.05, 4.69) is 41.6 Å². The first kappa shape index (κ1) is 19.1. The predicted octanol–water partition coefficient (Wildman–Crippen LogP) is 4.13. The standard InChI is InChI=1S/C20H19BrN6O2/c1-4-29-18-14(21)9-12(10-16(18)28-3)11-22-25-20-23-19-17(24-26-20)13-7-5-6-8-15(13)27(19)2/h5-11H,4H2,1-3H3,(H,23,25,26)/b22-11+. The highest BCUT2D eigenvalue weighted by molar-refractivity contribution is 9.10. The van der Waals surface area contributed by atoms with E-state index < -0.39 is 0 Å². The fourth-order valence-electron chi connectivity index (χ4n) is 3.12. The minimum Gasteiger partial charge on any atom is -0.493 e. The van der Waals surface area contributed by atoms with Crippen molar-refractivity contribution in [1.82, 2.24) is 19.7 Å². The molecule has 0 aliphatic rings. The lowest BCUT2D eigenvalue weighted by molar-refractivity contribution is 0.309. The fourth-order valence-corrected chi connectivity index (χ4v) is 3.69. The molecule has 8 nitrogen and oxygen atoms in total. The quantitative estimate of drug-likeness (QED) is 0.348. The summed E-state index contributed by atoms with van der Waals surface area (Å²) in [5.41, 5.74) is 6.21. The molecule has 29 heavy (non-hydrogen) atoms. The lowest BCUT2D eigenvalue weighted by atomic mass is 10.2. The molecule has 0 aliphatic heterocycles. The smallest absolute Gasteiger partial charge is 0.265 e. The third-order valence-corrected chi connectivity index (χ3v) is 5.01. The number of fused-ring (bicyclic) bond motifs is 3. The Kier molecular flexibility index (Phi) is 5.30. The summed E-state index contributed by atoms with van der Waals surface area (Å²) in [5.74, 6) is 1.60. The zero-order chi connectivity index (χ0) is 20.4. The van der Waals surface area contributed by atoms with Crippen LogP contribution in [-0.4, -0.2) is 39.7 Å². The molecule has 0 fully saturated rings. The highest BCUT2D eigenvalue weighted by Gasteiger charge is 2.12. The number of halogens is 1. The average molecular weight is 455 g/mol. The van der Waals surface area contributed by atoms with Gasteiger partial charge < -0.3 is 14.0 Å². The number of hydrazone groups is 1. The van der Waals surface area contributed by atoms with Crippen LogP contribution < -0.4 is 14.9 Å². The highest BCUT2D eigenvalue weighted by Crippen LogP contribution is 2.36. The van der Waals surface area contributed by atoms with Crippen LogP contribution in [0, 0.1) is 0 Å². The highest BCUT2D eigenvalue weighted by atomic mass is 79.9. The molecule has 1 N–H and O–H groups in total. The molecule has 0 amide bonds. The van der Waals surface area contributed by atoms with Crippen LogP contribution in [-0.2, 0) is 7.05 Å². The molecule has 0 bridgehead atoms. The second kappa shape index (κ2) is 8.04. The summed E-state index contributed by atoms with van der Waals surface area (Å²) in [6, 6.07) is 11.7. The van der Waals surface area contributed by atoms with Gasteiger partial charge in [0.25, 0.3) is 5.95 Å². The van der Waals surface area contributed by atoms with E-state index in [1.54, 1.807) is 13.3 Å². The lowest BCUT2D eigenvalue weighted by Gasteiger charge is -2.11. The number of hydrogen-bond donors (Lipinski definition) is 1. The molecule has 0 atom stereocenters. The molecular formula is C20H19BrN6O2. The number of ether oxygens (including phenoxy) is 2. The SMILES string of the molecule is CCOc1c(Br)cc(/C=N/Nc2nnc3c4ccccc4n(C)c3n2)cc1OC. The largest absolute Gasteiger partial charge is 0.493 e. The molecule has 4 aromatic rings. The number of hydrogen-bond acceptors (Lipinski definition) is 7. The van der Waals surface area contributed by atoms with Gasteiger partial charge in [0.2, 0.25) is 0 Å². The molecule has 0 radical (unpaired) electrons. The summed E-state index contributed by atoms with van der Waals surface area (Å²) in [7, 11) is 3.55.